The Kier molecular flexibility index (Phi) is 7.47. The third-order valence-electron chi connectivity index (χ3n) is 2.52. The van der Waals surface area contributed by atoms with Crippen molar-refractivity contribution in [2.24, 2.45) is 0 Å². The molecule has 0 aliphatic heterocycles. The van der Waals surface area contributed by atoms with E-state index in [-0.39, 0.29) is 11.0 Å². The fourth-order valence-electron chi connectivity index (χ4n) is 1.48. The third kappa shape index (κ3) is 6.10. The number of rotatable bonds is 8. The van der Waals surface area contributed by atoms with Gasteiger partial charge in [-0.1, -0.05) is 11.6 Å². The highest BCUT2D eigenvalue weighted by molar-refractivity contribution is 9.10. The number of sulfonamides is 1. The van der Waals surface area contributed by atoms with Crippen LogP contribution in [0.4, 0.5) is 0 Å². The first-order chi connectivity index (χ1) is 9.33. The zero-order valence-corrected chi connectivity index (χ0v) is 14.7. The highest BCUT2D eigenvalue weighted by atomic mass is 79.9. The second kappa shape index (κ2) is 8.34. The average Bonchev–Trinajstić information content (AvgIpc) is 2.36. The summed E-state index contributed by atoms with van der Waals surface area (Å²) in [6, 6.07) is 4.53. The van der Waals surface area contributed by atoms with Crippen LogP contribution < -0.4 is 4.72 Å². The van der Waals surface area contributed by atoms with Crippen molar-refractivity contribution in [3.63, 3.8) is 0 Å². The molecule has 1 aromatic carbocycles. The Hall–Kier alpha value is -0.140. The van der Waals surface area contributed by atoms with Crippen LogP contribution in [0.3, 0.4) is 0 Å². The van der Waals surface area contributed by atoms with Crippen molar-refractivity contribution in [1.29, 1.82) is 0 Å². The number of unbranched alkanes of at least 4 members (excludes halogenated alkanes) is 1. The van der Waals surface area contributed by atoms with Gasteiger partial charge in [0.1, 0.15) is 0 Å². The fourth-order valence-corrected chi connectivity index (χ4v) is 3.23. The van der Waals surface area contributed by atoms with Gasteiger partial charge >= 0.3 is 0 Å². The monoisotopic (exact) mass is 383 g/mol. The van der Waals surface area contributed by atoms with E-state index in [9.17, 15) is 8.42 Å². The summed E-state index contributed by atoms with van der Waals surface area (Å²) in [5.41, 5.74) is 0. The van der Waals surface area contributed by atoms with Crippen LogP contribution in [0.1, 0.15) is 26.7 Å². The lowest BCUT2D eigenvalue weighted by Crippen LogP contribution is -2.25. The maximum atomic E-state index is 12.0. The molecule has 1 aromatic rings. The molecule has 0 fully saturated rings. The summed E-state index contributed by atoms with van der Waals surface area (Å²) >= 11 is 9.06. The molecule has 7 heteroatoms. The van der Waals surface area contributed by atoms with Crippen molar-refractivity contribution in [1.82, 2.24) is 4.72 Å². The Morgan fingerprint density at radius 2 is 2.05 bits per heavy atom. The van der Waals surface area contributed by atoms with Crippen molar-refractivity contribution in [3.8, 4) is 0 Å². The zero-order valence-electron chi connectivity index (χ0n) is 11.5. The molecule has 4 nitrogen and oxygen atoms in total. The van der Waals surface area contributed by atoms with Crippen LogP contribution in [0.2, 0.25) is 5.02 Å². The molecule has 0 saturated heterocycles. The van der Waals surface area contributed by atoms with E-state index in [1.165, 1.54) is 12.1 Å². The molecule has 0 amide bonds. The van der Waals surface area contributed by atoms with Crippen LogP contribution in [-0.2, 0) is 14.8 Å². The molecule has 20 heavy (non-hydrogen) atoms. The Bertz CT molecular complexity index is 534. The van der Waals surface area contributed by atoms with Gasteiger partial charge in [0.25, 0.3) is 0 Å². The molecule has 0 bridgehead atoms. The van der Waals surface area contributed by atoms with Crippen LogP contribution in [0.5, 0.6) is 0 Å². The van der Waals surface area contributed by atoms with Gasteiger partial charge in [-0.15, -0.1) is 0 Å². The number of halogens is 2. The molecular weight excluding hydrogens is 366 g/mol. The van der Waals surface area contributed by atoms with Crippen molar-refractivity contribution in [2.75, 3.05) is 13.2 Å². The molecule has 0 aliphatic rings. The number of nitrogens with one attached hydrogen (secondary N) is 1. The largest absolute Gasteiger partial charge is 0.379 e. The normalized spacial score (nSPS) is 12.1. The predicted octanol–water partition coefficient (Wildman–Crippen LogP) is 3.59. The summed E-state index contributed by atoms with van der Waals surface area (Å²) in [6.45, 7) is 4.98. The van der Waals surface area contributed by atoms with Crippen molar-refractivity contribution < 1.29 is 13.2 Å². The Labute approximate surface area is 134 Å². The van der Waals surface area contributed by atoms with Gasteiger partial charge in [0, 0.05) is 17.6 Å². The van der Waals surface area contributed by atoms with Gasteiger partial charge in [-0.3, -0.25) is 0 Å². The van der Waals surface area contributed by atoms with E-state index in [1.54, 1.807) is 6.07 Å². The first-order valence-electron chi connectivity index (χ1n) is 6.39. The van der Waals surface area contributed by atoms with Crippen LogP contribution in [-0.4, -0.2) is 27.7 Å². The van der Waals surface area contributed by atoms with Crippen molar-refractivity contribution >= 4 is 37.6 Å². The average molecular weight is 385 g/mol. The van der Waals surface area contributed by atoms with E-state index >= 15 is 0 Å². The first-order valence-corrected chi connectivity index (χ1v) is 9.04. The maximum absolute atomic E-state index is 12.0. The van der Waals surface area contributed by atoms with E-state index in [1.807, 2.05) is 13.8 Å². The van der Waals surface area contributed by atoms with Crippen molar-refractivity contribution in [2.45, 2.75) is 37.7 Å². The van der Waals surface area contributed by atoms with Crippen molar-refractivity contribution in [3.05, 3.63) is 27.7 Å². The molecule has 0 unspecified atom stereocenters. The third-order valence-corrected chi connectivity index (χ3v) is 5.19. The first kappa shape index (κ1) is 17.9. The van der Waals surface area contributed by atoms with E-state index in [0.29, 0.717) is 22.6 Å². The Balaban J connectivity index is 2.43. The lowest BCUT2D eigenvalue weighted by Gasteiger charge is -2.09. The summed E-state index contributed by atoms with van der Waals surface area (Å²) in [6.07, 6.45) is 1.77. The maximum Gasteiger partial charge on any atom is 0.240 e. The van der Waals surface area contributed by atoms with E-state index in [4.69, 9.17) is 16.3 Å². The molecule has 0 radical (unpaired) electrons. The second-order valence-electron chi connectivity index (χ2n) is 4.60. The highest BCUT2D eigenvalue weighted by Crippen LogP contribution is 2.25. The van der Waals surface area contributed by atoms with Crippen LogP contribution >= 0.6 is 27.5 Å². The molecule has 0 spiro atoms. The quantitative estimate of drug-likeness (QED) is 0.697. The summed E-state index contributed by atoms with van der Waals surface area (Å²) in [5, 5.41) is 0.481. The molecule has 1 N–H and O–H groups in total. The van der Waals surface area contributed by atoms with Gasteiger partial charge in [0.2, 0.25) is 10.0 Å². The number of ether oxygens (including phenoxy) is 1. The minimum Gasteiger partial charge on any atom is -0.379 e. The lowest BCUT2D eigenvalue weighted by molar-refractivity contribution is 0.0762. The Morgan fingerprint density at radius 1 is 1.35 bits per heavy atom. The van der Waals surface area contributed by atoms with Crippen LogP contribution in [0.25, 0.3) is 0 Å². The summed E-state index contributed by atoms with van der Waals surface area (Å²) < 4.78 is 32.6. The summed E-state index contributed by atoms with van der Waals surface area (Å²) in [7, 11) is -3.48. The molecule has 0 heterocycles. The van der Waals surface area contributed by atoms with Gasteiger partial charge in [-0.2, -0.15) is 0 Å². The standard InChI is InChI=1S/C13H19BrClNO3S/c1-10(2)19-8-4-3-7-16-20(17,18)11-5-6-13(15)12(14)9-11/h5-6,9-10,16H,3-4,7-8H2,1-2H3. The topological polar surface area (TPSA) is 55.4 Å². The molecule has 1 rings (SSSR count). The SMILES string of the molecule is CC(C)OCCCCNS(=O)(=O)c1ccc(Cl)c(Br)c1. The second-order valence-corrected chi connectivity index (χ2v) is 7.63. The smallest absolute Gasteiger partial charge is 0.240 e. The van der Waals surface area contributed by atoms with Gasteiger partial charge in [0.05, 0.1) is 16.0 Å². The van der Waals surface area contributed by atoms with E-state index in [0.717, 1.165) is 12.8 Å². The Morgan fingerprint density at radius 3 is 2.65 bits per heavy atom. The lowest BCUT2D eigenvalue weighted by atomic mass is 10.3. The molecule has 0 aromatic heterocycles. The number of hydrogen-bond donors (Lipinski definition) is 1. The number of benzene rings is 1. The van der Waals surface area contributed by atoms with Crippen LogP contribution in [0, 0.1) is 0 Å². The van der Waals surface area contributed by atoms with Gasteiger partial charge in [-0.25, -0.2) is 13.1 Å². The van der Waals surface area contributed by atoms with Gasteiger partial charge in [-0.05, 0) is 60.8 Å². The van der Waals surface area contributed by atoms with E-state index < -0.39 is 10.0 Å². The fraction of sp³-hybridized carbons (Fsp3) is 0.538. The number of hydrogen-bond acceptors (Lipinski definition) is 3. The van der Waals surface area contributed by atoms with E-state index in [2.05, 4.69) is 20.7 Å². The molecule has 0 aliphatic carbocycles. The summed E-state index contributed by atoms with van der Waals surface area (Å²) in [5.74, 6) is 0. The minimum absolute atomic E-state index is 0.201. The highest BCUT2D eigenvalue weighted by Gasteiger charge is 2.14. The summed E-state index contributed by atoms with van der Waals surface area (Å²) in [4.78, 5) is 0.201. The van der Waals surface area contributed by atoms with Gasteiger partial charge in [0.15, 0.2) is 0 Å². The molecule has 0 saturated carbocycles. The molecule has 0 atom stereocenters. The predicted molar refractivity (Wildman–Crippen MR) is 84.7 cm³/mol. The van der Waals surface area contributed by atoms with Gasteiger partial charge < -0.3 is 4.74 Å². The minimum atomic E-state index is -3.48. The molecular formula is C13H19BrClNO3S. The molecule has 114 valence electrons. The zero-order chi connectivity index (χ0) is 15.2. The van der Waals surface area contributed by atoms with Crippen LogP contribution in [0.15, 0.2) is 27.6 Å².